The maximum absolute atomic E-state index is 2.92. The normalized spacial score (nSPS) is 13.3. The number of hydrogen-bond donors (Lipinski definition) is 0. The van der Waals surface area contributed by atoms with Crippen LogP contribution in [0.25, 0.3) is 0 Å². The minimum Gasteiger partial charge on any atom is -0.130 e. The van der Waals surface area contributed by atoms with E-state index in [0.29, 0.717) is 5.66 Å². The molecule has 1 rings (SSSR count). The van der Waals surface area contributed by atoms with Crippen molar-refractivity contribution in [1.29, 1.82) is 0 Å². The van der Waals surface area contributed by atoms with Crippen LogP contribution in [0.3, 0.4) is 0 Å². The summed E-state index contributed by atoms with van der Waals surface area (Å²) in [6.07, 6.45) is 1.24. The smallest absolute Gasteiger partial charge is 0.00121 e. The molecule has 0 aliphatic rings. The first kappa shape index (κ1) is 9.74. The molecule has 0 aliphatic carbocycles. The van der Waals surface area contributed by atoms with Gasteiger partial charge in [0.2, 0.25) is 0 Å². The molecular weight excluding hydrogens is 163 g/mol. The predicted octanol–water partition coefficient (Wildman–Crippen LogP) is 3.65. The lowest BCUT2D eigenvalue weighted by Gasteiger charge is -2.13. The highest BCUT2D eigenvalue weighted by atomic mass is 31.0. The Labute approximate surface area is 77.6 Å². The van der Waals surface area contributed by atoms with Gasteiger partial charge in [0.1, 0.15) is 0 Å². The Bertz CT molecular complexity index is 216. The van der Waals surface area contributed by atoms with Gasteiger partial charge in [-0.15, -0.1) is 9.24 Å². The minimum absolute atomic E-state index is 0.617. The van der Waals surface area contributed by atoms with Crippen LogP contribution in [0.1, 0.15) is 31.5 Å². The molecule has 0 saturated heterocycles. The molecule has 66 valence electrons. The summed E-state index contributed by atoms with van der Waals surface area (Å²) >= 11 is 0. The first-order chi connectivity index (χ1) is 5.70. The molecule has 1 heteroatoms. The third kappa shape index (κ3) is 2.95. The summed E-state index contributed by atoms with van der Waals surface area (Å²) in [5, 5.41) is 0. The molecule has 0 nitrogen and oxygen atoms in total. The standard InChI is InChI=1S/C11H17P/c1-9(2)8-11(12)10-6-4-3-5-7-10/h3-7,9,11H,8,12H2,1-2H3. The van der Waals surface area contributed by atoms with Crippen molar-refractivity contribution in [1.82, 2.24) is 0 Å². The van der Waals surface area contributed by atoms with Gasteiger partial charge >= 0.3 is 0 Å². The fraction of sp³-hybridized carbons (Fsp3) is 0.455. The molecule has 0 aromatic heterocycles. The third-order valence-electron chi connectivity index (χ3n) is 1.95. The first-order valence-corrected chi connectivity index (χ1v) is 5.17. The molecular formula is C11H17P. The minimum atomic E-state index is 0.617. The van der Waals surface area contributed by atoms with Crippen molar-refractivity contribution in [3.8, 4) is 0 Å². The molecule has 0 aliphatic heterocycles. The van der Waals surface area contributed by atoms with Gasteiger partial charge in [0.15, 0.2) is 0 Å². The highest BCUT2D eigenvalue weighted by Crippen LogP contribution is 2.29. The first-order valence-electron chi connectivity index (χ1n) is 4.50. The van der Waals surface area contributed by atoms with Gasteiger partial charge in [0, 0.05) is 0 Å². The number of rotatable bonds is 3. The predicted molar refractivity (Wildman–Crippen MR) is 58.3 cm³/mol. The largest absolute Gasteiger partial charge is 0.130 e. The lowest BCUT2D eigenvalue weighted by atomic mass is 10.0. The Hall–Kier alpha value is -0.350. The molecule has 0 amide bonds. The fourth-order valence-corrected chi connectivity index (χ4v) is 2.11. The van der Waals surface area contributed by atoms with Crippen molar-refractivity contribution in [3.05, 3.63) is 35.9 Å². The second-order valence-corrected chi connectivity index (χ2v) is 4.45. The second-order valence-electron chi connectivity index (χ2n) is 3.65. The summed E-state index contributed by atoms with van der Waals surface area (Å²) in [6.45, 7) is 4.53. The van der Waals surface area contributed by atoms with E-state index in [4.69, 9.17) is 0 Å². The van der Waals surface area contributed by atoms with Gasteiger partial charge in [-0.3, -0.25) is 0 Å². The van der Waals surface area contributed by atoms with Gasteiger partial charge in [0.05, 0.1) is 0 Å². The van der Waals surface area contributed by atoms with E-state index in [1.165, 1.54) is 12.0 Å². The lowest BCUT2D eigenvalue weighted by molar-refractivity contribution is 0.579. The van der Waals surface area contributed by atoms with Crippen molar-refractivity contribution >= 4 is 9.24 Å². The summed E-state index contributed by atoms with van der Waals surface area (Å²) in [5.74, 6) is 0.771. The van der Waals surface area contributed by atoms with Crippen LogP contribution in [0.5, 0.6) is 0 Å². The van der Waals surface area contributed by atoms with E-state index >= 15 is 0 Å². The van der Waals surface area contributed by atoms with Gasteiger partial charge in [-0.05, 0) is 23.6 Å². The van der Waals surface area contributed by atoms with Crippen LogP contribution in [0.4, 0.5) is 0 Å². The van der Waals surface area contributed by atoms with Crippen molar-refractivity contribution in [2.45, 2.75) is 25.9 Å². The molecule has 0 N–H and O–H groups in total. The molecule has 2 atom stereocenters. The topological polar surface area (TPSA) is 0 Å². The molecule has 0 spiro atoms. The molecule has 1 aromatic rings. The Morgan fingerprint density at radius 3 is 2.25 bits per heavy atom. The monoisotopic (exact) mass is 180 g/mol. The van der Waals surface area contributed by atoms with Crippen molar-refractivity contribution < 1.29 is 0 Å². The maximum Gasteiger partial charge on any atom is -0.00121 e. The van der Waals surface area contributed by atoms with Crippen LogP contribution in [-0.4, -0.2) is 0 Å². The Morgan fingerprint density at radius 2 is 1.75 bits per heavy atom. The summed E-state index contributed by atoms with van der Waals surface area (Å²) < 4.78 is 0. The fourth-order valence-electron chi connectivity index (χ4n) is 1.34. The molecule has 2 unspecified atom stereocenters. The highest BCUT2D eigenvalue weighted by molar-refractivity contribution is 7.17. The van der Waals surface area contributed by atoms with Gasteiger partial charge in [-0.2, -0.15) is 0 Å². The summed E-state index contributed by atoms with van der Waals surface area (Å²) in [7, 11) is 2.92. The molecule has 0 bridgehead atoms. The molecule has 0 saturated carbocycles. The van der Waals surface area contributed by atoms with Crippen LogP contribution in [0.15, 0.2) is 30.3 Å². The van der Waals surface area contributed by atoms with Gasteiger partial charge in [-0.25, -0.2) is 0 Å². The van der Waals surface area contributed by atoms with E-state index in [9.17, 15) is 0 Å². The van der Waals surface area contributed by atoms with Crippen LogP contribution < -0.4 is 0 Å². The Balaban J connectivity index is 2.59. The molecule has 0 radical (unpaired) electrons. The van der Waals surface area contributed by atoms with E-state index in [2.05, 4.69) is 53.4 Å². The maximum atomic E-state index is 2.92. The molecule has 0 heterocycles. The third-order valence-corrected chi connectivity index (χ3v) is 2.61. The van der Waals surface area contributed by atoms with Gasteiger partial charge < -0.3 is 0 Å². The van der Waals surface area contributed by atoms with Crippen LogP contribution >= 0.6 is 9.24 Å². The van der Waals surface area contributed by atoms with E-state index in [1.54, 1.807) is 0 Å². The van der Waals surface area contributed by atoms with Gasteiger partial charge in [0.25, 0.3) is 0 Å². The number of benzene rings is 1. The Morgan fingerprint density at radius 1 is 1.17 bits per heavy atom. The zero-order valence-corrected chi connectivity index (χ0v) is 8.98. The van der Waals surface area contributed by atoms with Crippen molar-refractivity contribution in [2.75, 3.05) is 0 Å². The van der Waals surface area contributed by atoms with E-state index in [-0.39, 0.29) is 0 Å². The summed E-state index contributed by atoms with van der Waals surface area (Å²) in [5.41, 5.74) is 2.04. The van der Waals surface area contributed by atoms with E-state index in [1.807, 2.05) is 0 Å². The average molecular weight is 180 g/mol. The van der Waals surface area contributed by atoms with Crippen molar-refractivity contribution in [2.24, 2.45) is 5.92 Å². The number of hydrogen-bond acceptors (Lipinski definition) is 0. The second kappa shape index (κ2) is 4.62. The van der Waals surface area contributed by atoms with Crippen molar-refractivity contribution in [3.63, 3.8) is 0 Å². The molecule has 12 heavy (non-hydrogen) atoms. The summed E-state index contributed by atoms with van der Waals surface area (Å²) in [4.78, 5) is 0. The molecule has 1 aromatic carbocycles. The van der Waals surface area contributed by atoms with E-state index < -0.39 is 0 Å². The zero-order chi connectivity index (χ0) is 8.97. The Kier molecular flexibility index (Phi) is 3.75. The van der Waals surface area contributed by atoms with Gasteiger partial charge in [-0.1, -0.05) is 44.2 Å². The average Bonchev–Trinajstić information content (AvgIpc) is 2.05. The SMILES string of the molecule is CC(C)CC(P)c1ccccc1. The van der Waals surface area contributed by atoms with Crippen LogP contribution in [0, 0.1) is 5.92 Å². The van der Waals surface area contributed by atoms with Crippen LogP contribution in [0.2, 0.25) is 0 Å². The van der Waals surface area contributed by atoms with Crippen LogP contribution in [-0.2, 0) is 0 Å². The lowest BCUT2D eigenvalue weighted by Crippen LogP contribution is -1.95. The summed E-state index contributed by atoms with van der Waals surface area (Å²) in [6, 6.07) is 10.7. The van der Waals surface area contributed by atoms with E-state index in [0.717, 1.165) is 5.92 Å². The zero-order valence-electron chi connectivity index (χ0n) is 7.83. The molecule has 0 fully saturated rings. The highest BCUT2D eigenvalue weighted by Gasteiger charge is 2.06. The quantitative estimate of drug-likeness (QED) is 0.623.